The predicted octanol–water partition coefficient (Wildman–Crippen LogP) is 2.56. The molecule has 0 aromatic rings. The number of alkyl halides is 3. The minimum absolute atomic E-state index is 0.683. The van der Waals surface area contributed by atoms with Crippen LogP contribution in [0, 0.1) is 0 Å². The van der Waals surface area contributed by atoms with Crippen molar-refractivity contribution in [3.63, 3.8) is 0 Å². The molecule has 0 amide bonds. The molecule has 0 radical (unpaired) electrons. The van der Waals surface area contributed by atoms with Gasteiger partial charge >= 0.3 is 12.0 Å². The van der Waals surface area contributed by atoms with Crippen molar-refractivity contribution in [2.75, 3.05) is 21.3 Å². The fourth-order valence-corrected chi connectivity index (χ4v) is 1.18. The van der Waals surface area contributed by atoms with Gasteiger partial charge in [-0.15, -0.1) is 0 Å². The van der Waals surface area contributed by atoms with E-state index in [4.69, 9.17) is 11.6 Å². The number of hydrogen-bond donors (Lipinski definition) is 0. The summed E-state index contributed by atoms with van der Waals surface area (Å²) in [5, 5.41) is -1.36. The first-order valence-electron chi connectivity index (χ1n) is 3.53. The molecule has 15 heavy (non-hydrogen) atoms. The van der Waals surface area contributed by atoms with Gasteiger partial charge in [0.05, 0.1) is 7.11 Å². The Labute approximate surface area is 88.5 Å². The van der Waals surface area contributed by atoms with Gasteiger partial charge in [-0.3, -0.25) is 0 Å². The smallest absolute Gasteiger partial charge is 0.449 e. The second-order valence-corrected chi connectivity index (χ2v) is 2.69. The van der Waals surface area contributed by atoms with E-state index in [9.17, 15) is 17.6 Å². The average molecular weight is 253 g/mol. The Kier molecular flexibility index (Phi) is 4.82. The first kappa shape index (κ1) is 14.5. The zero-order valence-electron chi connectivity index (χ0n) is 8.11. The van der Waals surface area contributed by atoms with Gasteiger partial charge in [0.1, 0.15) is 0 Å². The van der Waals surface area contributed by atoms with E-state index in [1.165, 1.54) is 0 Å². The van der Waals surface area contributed by atoms with Crippen LogP contribution in [0.25, 0.3) is 0 Å². The van der Waals surface area contributed by atoms with Crippen LogP contribution in [0.3, 0.4) is 0 Å². The van der Waals surface area contributed by atoms with Crippen LogP contribution in [0.15, 0.2) is 11.0 Å². The fourth-order valence-electron chi connectivity index (χ4n) is 0.837. The molecular weight excluding hydrogens is 244 g/mol. The zero-order chi connectivity index (χ0) is 12.3. The molecule has 3 nitrogen and oxygen atoms in total. The average Bonchev–Trinajstić information content (AvgIpc) is 2.16. The van der Waals surface area contributed by atoms with Gasteiger partial charge in [-0.2, -0.15) is 17.6 Å². The van der Waals surface area contributed by atoms with Crippen molar-refractivity contribution in [3.05, 3.63) is 11.0 Å². The van der Waals surface area contributed by atoms with Crippen LogP contribution in [0.1, 0.15) is 0 Å². The Morgan fingerprint density at radius 2 is 1.47 bits per heavy atom. The van der Waals surface area contributed by atoms with E-state index in [-0.39, 0.29) is 0 Å². The topological polar surface area (TPSA) is 27.7 Å². The van der Waals surface area contributed by atoms with E-state index in [0.29, 0.717) is 14.2 Å². The van der Waals surface area contributed by atoms with Crippen LogP contribution in [-0.2, 0) is 14.2 Å². The zero-order valence-corrected chi connectivity index (χ0v) is 8.87. The summed E-state index contributed by atoms with van der Waals surface area (Å²) in [6.07, 6.45) is -5.04. The molecule has 0 spiro atoms. The number of hydrogen-bond acceptors (Lipinski definition) is 3. The lowest BCUT2D eigenvalue weighted by Crippen LogP contribution is -2.49. The second-order valence-electron chi connectivity index (χ2n) is 2.31. The second kappa shape index (κ2) is 5.00. The van der Waals surface area contributed by atoms with Gasteiger partial charge in [-0.25, -0.2) is 0 Å². The molecular formula is C7H9ClF4O3. The molecule has 0 N–H and O–H groups in total. The van der Waals surface area contributed by atoms with Gasteiger partial charge in [-0.1, -0.05) is 11.6 Å². The molecule has 0 heterocycles. The Hall–Kier alpha value is -0.530. The van der Waals surface area contributed by atoms with Crippen molar-refractivity contribution in [2.45, 2.75) is 12.0 Å². The number of rotatable bonds is 4. The molecule has 8 heteroatoms. The van der Waals surface area contributed by atoms with E-state index in [2.05, 4.69) is 14.2 Å². The fraction of sp³-hybridized carbons (Fsp3) is 0.714. The molecule has 0 aliphatic rings. The molecule has 0 atom stereocenters. The van der Waals surface area contributed by atoms with Crippen LogP contribution in [-0.4, -0.2) is 33.3 Å². The molecule has 0 aromatic carbocycles. The Balaban J connectivity index is 5.50. The molecule has 0 unspecified atom stereocenters. The van der Waals surface area contributed by atoms with E-state index in [1.54, 1.807) is 0 Å². The first-order chi connectivity index (χ1) is 6.76. The maximum atomic E-state index is 12.8. The minimum atomic E-state index is -5.04. The summed E-state index contributed by atoms with van der Waals surface area (Å²) in [5.74, 6) is -3.35. The van der Waals surface area contributed by atoms with Crippen LogP contribution >= 0.6 is 11.6 Å². The Bertz CT molecular complexity index is 247. The van der Waals surface area contributed by atoms with Gasteiger partial charge in [0.15, 0.2) is 5.03 Å². The normalized spacial score (nSPS) is 14.9. The van der Waals surface area contributed by atoms with Crippen molar-refractivity contribution in [3.8, 4) is 0 Å². The molecule has 0 aliphatic heterocycles. The highest BCUT2D eigenvalue weighted by Crippen LogP contribution is 2.42. The molecule has 0 fully saturated rings. The molecule has 0 saturated heterocycles. The van der Waals surface area contributed by atoms with Crippen molar-refractivity contribution in [2.24, 2.45) is 0 Å². The van der Waals surface area contributed by atoms with Crippen LogP contribution in [0.4, 0.5) is 17.6 Å². The van der Waals surface area contributed by atoms with Crippen LogP contribution in [0.2, 0.25) is 0 Å². The quantitative estimate of drug-likeness (QED) is 0.437. The highest BCUT2D eigenvalue weighted by Gasteiger charge is 2.61. The van der Waals surface area contributed by atoms with E-state index >= 15 is 0 Å². The van der Waals surface area contributed by atoms with Crippen LogP contribution in [0.5, 0.6) is 0 Å². The molecule has 0 rings (SSSR count). The van der Waals surface area contributed by atoms with Crippen molar-refractivity contribution in [1.29, 1.82) is 0 Å². The SMILES string of the molecule is CO/C(F)=C(\Cl)C(OC)(OC)C(F)(F)F. The summed E-state index contributed by atoms with van der Waals surface area (Å²) in [4.78, 5) is 0. The Morgan fingerprint density at radius 1 is 1.07 bits per heavy atom. The van der Waals surface area contributed by atoms with E-state index in [0.717, 1.165) is 7.11 Å². The Morgan fingerprint density at radius 3 is 1.67 bits per heavy atom. The van der Waals surface area contributed by atoms with Gasteiger partial charge in [0, 0.05) is 14.2 Å². The lowest BCUT2D eigenvalue weighted by Gasteiger charge is -2.31. The molecule has 0 bridgehead atoms. The maximum Gasteiger partial charge on any atom is 0.449 e. The van der Waals surface area contributed by atoms with Gasteiger partial charge in [0.25, 0.3) is 6.01 Å². The van der Waals surface area contributed by atoms with Crippen molar-refractivity contribution >= 4 is 11.6 Å². The molecule has 90 valence electrons. The maximum absolute atomic E-state index is 12.8. The molecule has 0 aromatic heterocycles. The van der Waals surface area contributed by atoms with Crippen LogP contribution < -0.4 is 0 Å². The monoisotopic (exact) mass is 252 g/mol. The van der Waals surface area contributed by atoms with Gasteiger partial charge in [0.2, 0.25) is 0 Å². The summed E-state index contributed by atoms with van der Waals surface area (Å²) in [7, 11) is 2.19. The highest BCUT2D eigenvalue weighted by atomic mass is 35.5. The number of ether oxygens (including phenoxy) is 3. The van der Waals surface area contributed by atoms with Gasteiger partial charge in [-0.05, 0) is 0 Å². The third-order valence-corrected chi connectivity index (χ3v) is 1.99. The number of methoxy groups -OCH3 is 3. The summed E-state index contributed by atoms with van der Waals surface area (Å²) in [6, 6.07) is -1.63. The largest absolute Gasteiger partial charge is 0.473 e. The molecule has 0 saturated carbocycles. The van der Waals surface area contributed by atoms with E-state index in [1.807, 2.05) is 0 Å². The standard InChI is InChI=1S/C7H9ClF4O3/c1-13-5(9)4(8)6(14-2,15-3)7(10,11)12/h1-3H3/b5-4-. The van der Waals surface area contributed by atoms with Crippen molar-refractivity contribution in [1.82, 2.24) is 0 Å². The van der Waals surface area contributed by atoms with Gasteiger partial charge < -0.3 is 14.2 Å². The minimum Gasteiger partial charge on any atom is -0.473 e. The van der Waals surface area contributed by atoms with E-state index < -0.39 is 23.0 Å². The molecule has 0 aliphatic carbocycles. The summed E-state index contributed by atoms with van der Waals surface area (Å²) in [6.45, 7) is 0. The summed E-state index contributed by atoms with van der Waals surface area (Å²) < 4.78 is 62.5. The summed E-state index contributed by atoms with van der Waals surface area (Å²) in [5.41, 5.74) is 0. The third-order valence-electron chi connectivity index (χ3n) is 1.59. The highest BCUT2D eigenvalue weighted by molar-refractivity contribution is 6.30. The summed E-state index contributed by atoms with van der Waals surface area (Å²) >= 11 is 5.15. The first-order valence-corrected chi connectivity index (χ1v) is 3.91. The predicted molar refractivity (Wildman–Crippen MR) is 43.8 cm³/mol. The van der Waals surface area contributed by atoms with Crippen molar-refractivity contribution < 1.29 is 31.8 Å². The number of halogens is 5. The third kappa shape index (κ3) is 2.53. The lowest BCUT2D eigenvalue weighted by molar-refractivity contribution is -0.345. The lowest BCUT2D eigenvalue weighted by atomic mass is 10.2.